The van der Waals surface area contributed by atoms with Gasteiger partial charge in [-0.1, -0.05) is 188 Å². The Balaban J connectivity index is 2.35. The predicted molar refractivity (Wildman–Crippen MR) is 184 cm³/mol. The number of hydrogen-bond donors (Lipinski definition) is 1. The van der Waals surface area contributed by atoms with E-state index in [0.717, 1.165) is 0 Å². The van der Waals surface area contributed by atoms with Crippen LogP contribution in [0.2, 0.25) is 0 Å². The van der Waals surface area contributed by atoms with E-state index in [1.54, 1.807) is 0 Å². The lowest BCUT2D eigenvalue weighted by molar-refractivity contribution is -0.727. The highest BCUT2D eigenvalue weighted by molar-refractivity contribution is 4.90. The van der Waals surface area contributed by atoms with E-state index in [9.17, 15) is 0 Å². The molecular formula is C39H77N2+. The van der Waals surface area contributed by atoms with Crippen molar-refractivity contribution in [2.75, 3.05) is 0 Å². The Morgan fingerprint density at radius 2 is 0.780 bits per heavy atom. The monoisotopic (exact) mass is 574 g/mol. The molecule has 41 heavy (non-hydrogen) atoms. The van der Waals surface area contributed by atoms with Gasteiger partial charge in [-0.2, -0.15) is 0 Å². The summed E-state index contributed by atoms with van der Waals surface area (Å²) in [5.74, 6) is 2.24. The van der Waals surface area contributed by atoms with Crippen molar-refractivity contribution in [3.8, 4) is 0 Å². The maximum Gasteiger partial charge on any atom is 0.257 e. The summed E-state index contributed by atoms with van der Waals surface area (Å²) in [6, 6.07) is 0.620. The number of imidazole rings is 1. The topological polar surface area (TPSA) is 19.7 Å². The van der Waals surface area contributed by atoms with Crippen LogP contribution in [-0.2, 0) is 0 Å². The van der Waals surface area contributed by atoms with Crippen LogP contribution in [0.3, 0.4) is 0 Å². The molecule has 2 nitrogen and oxygen atoms in total. The average molecular weight is 574 g/mol. The molecule has 0 spiro atoms. The maximum atomic E-state index is 3.73. The molecule has 0 bridgehead atoms. The number of aromatic amines is 1. The number of unbranched alkanes of at least 4 members (excludes halogenated alkanes) is 24. The fourth-order valence-corrected chi connectivity index (χ4v) is 6.78. The fraction of sp³-hybridized carbons (Fsp3) is 0.923. The SMILES string of the molecule is CCCCCCCCCCCCCCCC(CCCCCCC)c1[nH]cc[n+]1C(C)CCCCCCCCCCC. The van der Waals surface area contributed by atoms with Crippen LogP contribution >= 0.6 is 0 Å². The molecule has 0 saturated heterocycles. The van der Waals surface area contributed by atoms with Crippen molar-refractivity contribution in [3.05, 3.63) is 18.2 Å². The molecule has 2 atom stereocenters. The van der Waals surface area contributed by atoms with E-state index < -0.39 is 0 Å². The van der Waals surface area contributed by atoms with Crippen molar-refractivity contribution in [2.24, 2.45) is 0 Å². The van der Waals surface area contributed by atoms with Gasteiger partial charge in [0.1, 0.15) is 12.4 Å². The molecule has 0 fully saturated rings. The van der Waals surface area contributed by atoms with Gasteiger partial charge in [0.15, 0.2) is 0 Å². The van der Waals surface area contributed by atoms with E-state index in [4.69, 9.17) is 0 Å². The van der Waals surface area contributed by atoms with Gasteiger partial charge in [-0.25, -0.2) is 9.55 Å². The van der Waals surface area contributed by atoms with Crippen LogP contribution < -0.4 is 4.57 Å². The number of hydrogen-bond acceptors (Lipinski definition) is 0. The van der Waals surface area contributed by atoms with Crippen molar-refractivity contribution in [2.45, 2.75) is 232 Å². The number of nitrogens with zero attached hydrogens (tertiary/aromatic N) is 1. The standard InChI is InChI=1S/C39H76N2/c1-5-8-11-14-16-18-19-20-21-23-25-28-31-34-38(33-30-26-13-10-7-3)39-40-35-36-41(39)37(4)32-29-27-24-22-17-15-12-9-6-2/h35-38H,5-34H2,1-4H3/p+1. The van der Waals surface area contributed by atoms with Crippen LogP contribution in [0.1, 0.15) is 238 Å². The molecule has 242 valence electrons. The molecule has 2 heteroatoms. The minimum Gasteiger partial charge on any atom is -0.247 e. The molecule has 0 aliphatic heterocycles. The van der Waals surface area contributed by atoms with E-state index in [2.05, 4.69) is 49.6 Å². The van der Waals surface area contributed by atoms with Gasteiger partial charge in [-0.3, -0.25) is 0 Å². The van der Waals surface area contributed by atoms with Gasteiger partial charge >= 0.3 is 0 Å². The van der Waals surface area contributed by atoms with Gasteiger partial charge in [0.25, 0.3) is 5.82 Å². The van der Waals surface area contributed by atoms with Crippen molar-refractivity contribution in [1.82, 2.24) is 4.98 Å². The van der Waals surface area contributed by atoms with E-state index in [-0.39, 0.29) is 0 Å². The van der Waals surface area contributed by atoms with Crippen molar-refractivity contribution < 1.29 is 4.57 Å². The predicted octanol–water partition coefficient (Wildman–Crippen LogP) is 13.7. The minimum absolute atomic E-state index is 0.620. The number of nitrogens with one attached hydrogen (secondary N) is 1. The lowest BCUT2D eigenvalue weighted by atomic mass is 9.93. The minimum atomic E-state index is 0.620. The fourth-order valence-electron chi connectivity index (χ4n) is 6.78. The highest BCUT2D eigenvalue weighted by Crippen LogP contribution is 2.27. The number of rotatable bonds is 32. The van der Waals surface area contributed by atoms with Crippen molar-refractivity contribution in [3.63, 3.8) is 0 Å². The largest absolute Gasteiger partial charge is 0.257 e. The third-order valence-electron chi connectivity index (χ3n) is 9.64. The molecule has 0 radical (unpaired) electrons. The third-order valence-corrected chi connectivity index (χ3v) is 9.64. The number of H-pyrrole nitrogens is 1. The first-order valence-corrected chi connectivity index (χ1v) is 19.3. The second kappa shape index (κ2) is 29.3. The molecule has 1 rings (SSSR count). The highest BCUT2D eigenvalue weighted by Gasteiger charge is 2.25. The molecule has 1 aromatic rings. The van der Waals surface area contributed by atoms with E-state index >= 15 is 0 Å². The summed E-state index contributed by atoms with van der Waals surface area (Å²) < 4.78 is 2.63. The molecule has 0 aliphatic carbocycles. The summed E-state index contributed by atoms with van der Waals surface area (Å²) in [4.78, 5) is 3.73. The van der Waals surface area contributed by atoms with Gasteiger partial charge in [-0.05, 0) is 32.6 Å². The second-order valence-corrected chi connectivity index (χ2v) is 13.6. The Bertz CT molecular complexity index is 635. The first kappa shape index (κ1) is 38.2. The van der Waals surface area contributed by atoms with Crippen molar-refractivity contribution in [1.29, 1.82) is 0 Å². The molecule has 1 heterocycles. The van der Waals surface area contributed by atoms with E-state index in [1.165, 1.54) is 198 Å². The van der Waals surface area contributed by atoms with Gasteiger partial charge in [0.05, 0.1) is 12.0 Å². The molecule has 1 N–H and O–H groups in total. The van der Waals surface area contributed by atoms with E-state index in [1.807, 2.05) is 0 Å². The molecule has 1 aromatic heterocycles. The van der Waals surface area contributed by atoms with Crippen molar-refractivity contribution >= 4 is 0 Å². The summed E-state index contributed by atoms with van der Waals surface area (Å²) in [5.41, 5.74) is 0. The van der Waals surface area contributed by atoms with Crippen LogP contribution in [0, 0.1) is 0 Å². The van der Waals surface area contributed by atoms with Crippen LogP contribution in [0.4, 0.5) is 0 Å². The maximum absolute atomic E-state index is 3.73. The summed E-state index contributed by atoms with van der Waals surface area (Å²) in [6.07, 6.45) is 47.2. The Kier molecular flexibility index (Phi) is 27.3. The smallest absolute Gasteiger partial charge is 0.247 e. The zero-order valence-corrected chi connectivity index (χ0v) is 29.0. The highest BCUT2D eigenvalue weighted by atomic mass is 15.1. The summed E-state index contributed by atoms with van der Waals surface area (Å²) >= 11 is 0. The second-order valence-electron chi connectivity index (χ2n) is 13.6. The van der Waals surface area contributed by atoms with Crippen LogP contribution in [0.5, 0.6) is 0 Å². The van der Waals surface area contributed by atoms with Crippen LogP contribution in [0.25, 0.3) is 0 Å². The molecule has 2 unspecified atom stereocenters. The van der Waals surface area contributed by atoms with E-state index in [0.29, 0.717) is 12.0 Å². The summed E-state index contributed by atoms with van der Waals surface area (Å²) in [6.45, 7) is 9.41. The Labute approximate surface area is 259 Å². The first-order valence-electron chi connectivity index (χ1n) is 19.3. The van der Waals surface area contributed by atoms with Gasteiger partial charge in [0, 0.05) is 0 Å². The lowest BCUT2D eigenvalue weighted by Gasteiger charge is -2.17. The Hall–Kier alpha value is -0.790. The zero-order chi connectivity index (χ0) is 29.6. The summed E-state index contributed by atoms with van der Waals surface area (Å²) in [7, 11) is 0. The molecule has 0 aromatic carbocycles. The van der Waals surface area contributed by atoms with Gasteiger partial charge in [0.2, 0.25) is 0 Å². The molecule has 0 amide bonds. The molecule has 0 saturated carbocycles. The normalized spacial score (nSPS) is 13.2. The average Bonchev–Trinajstić information content (AvgIpc) is 3.47. The van der Waals surface area contributed by atoms with Gasteiger partial charge < -0.3 is 0 Å². The van der Waals surface area contributed by atoms with Gasteiger partial charge in [-0.15, -0.1) is 0 Å². The van der Waals surface area contributed by atoms with Crippen LogP contribution in [0.15, 0.2) is 12.4 Å². The van der Waals surface area contributed by atoms with Crippen LogP contribution in [-0.4, -0.2) is 4.98 Å². The number of aromatic nitrogens is 2. The lowest BCUT2D eigenvalue weighted by Crippen LogP contribution is -2.41. The zero-order valence-electron chi connectivity index (χ0n) is 29.0. The quantitative estimate of drug-likeness (QED) is 0.0653. The molecule has 0 aliphatic rings. The first-order chi connectivity index (χ1) is 20.2. The summed E-state index contributed by atoms with van der Waals surface area (Å²) in [5, 5.41) is 0. The Morgan fingerprint density at radius 1 is 0.463 bits per heavy atom. The Morgan fingerprint density at radius 3 is 1.15 bits per heavy atom. The molecular weight excluding hydrogens is 496 g/mol. The third kappa shape index (κ3) is 21.5.